The molecule has 0 unspecified atom stereocenters. The number of furan rings is 1. The van der Waals surface area contributed by atoms with Crippen LogP contribution in [0.25, 0.3) is 99.1 Å². The summed E-state index contributed by atoms with van der Waals surface area (Å²) in [5, 5.41) is 6.97. The van der Waals surface area contributed by atoms with E-state index in [9.17, 15) is 0 Å². The summed E-state index contributed by atoms with van der Waals surface area (Å²) in [6.45, 7) is 6.77. The molecule has 1 aromatic heterocycles. The van der Waals surface area contributed by atoms with Gasteiger partial charge < -0.3 is 9.32 Å². The number of rotatable bonds is 4. The third kappa shape index (κ3) is 5.50. The molecule has 0 amide bonds. The van der Waals surface area contributed by atoms with E-state index in [2.05, 4.69) is 232 Å². The van der Waals surface area contributed by atoms with Crippen LogP contribution in [0.3, 0.4) is 0 Å². The summed E-state index contributed by atoms with van der Waals surface area (Å²) < 4.78 is 7.09. The van der Waals surface area contributed by atoms with Gasteiger partial charge in [0, 0.05) is 32.8 Å². The number of hydrogen-bond acceptors (Lipinski definition) is 2. The fraction of sp³-hybridized carbons (Fsp3) is 0.0667. The molecule has 11 aromatic rings. The summed E-state index contributed by atoms with van der Waals surface area (Å²) in [6, 6.07) is 75.7. The fourth-order valence-corrected chi connectivity index (χ4v) is 10.2. The van der Waals surface area contributed by atoms with Crippen LogP contribution >= 0.6 is 0 Å². The van der Waals surface area contributed by atoms with E-state index in [4.69, 9.17) is 4.42 Å². The summed E-state index contributed by atoms with van der Waals surface area (Å²) in [5.41, 5.74) is 18.5. The van der Waals surface area contributed by atoms with Crippen molar-refractivity contribution in [2.24, 2.45) is 0 Å². The van der Waals surface area contributed by atoms with Gasteiger partial charge in [-0.05, 0) is 96.1 Å². The highest BCUT2D eigenvalue weighted by Crippen LogP contribution is 2.53. The maximum absolute atomic E-state index is 7.09. The van der Waals surface area contributed by atoms with Gasteiger partial charge in [0.25, 0.3) is 0 Å². The van der Waals surface area contributed by atoms with E-state index < -0.39 is 0 Å². The maximum Gasteiger partial charge on any atom is 0.159 e. The first-order valence-corrected chi connectivity index (χ1v) is 21.6. The lowest BCUT2D eigenvalue weighted by Crippen LogP contribution is -2.12. The highest BCUT2D eigenvalue weighted by Gasteiger charge is 2.28. The minimum Gasteiger partial charge on any atom is -0.454 e. The molecule has 62 heavy (non-hydrogen) atoms. The molecule has 0 aliphatic heterocycles. The zero-order valence-corrected chi connectivity index (χ0v) is 35.0. The van der Waals surface area contributed by atoms with Gasteiger partial charge in [0.2, 0.25) is 0 Å². The molecule has 294 valence electrons. The van der Waals surface area contributed by atoms with Crippen molar-refractivity contribution in [1.29, 1.82) is 0 Å². The third-order valence-electron chi connectivity index (χ3n) is 12.9. The van der Waals surface area contributed by atoms with Crippen LogP contribution in [-0.4, -0.2) is 0 Å². The Morgan fingerprint density at radius 2 is 0.790 bits per heavy atom. The number of para-hydroxylation sites is 3. The molecule has 1 aliphatic rings. The minimum absolute atomic E-state index is 0.0834. The van der Waals surface area contributed by atoms with Crippen LogP contribution in [0.5, 0.6) is 0 Å². The summed E-state index contributed by atoms with van der Waals surface area (Å²) in [7, 11) is 0. The SMILES string of the molecule is CC(C)(C)c1cccc2c1oc1c(N(c3ccccc3)c3c4ccccc4c(-c4ccc5c(c4)-c4ccccc4-c4ccccc4-c4ccccc4-5)c4ccccc34)cccc12. The van der Waals surface area contributed by atoms with E-state index in [1.54, 1.807) is 0 Å². The van der Waals surface area contributed by atoms with E-state index in [0.29, 0.717) is 0 Å². The quantitative estimate of drug-likeness (QED) is 0.165. The van der Waals surface area contributed by atoms with Gasteiger partial charge in [-0.15, -0.1) is 0 Å². The Hall–Kier alpha value is -7.68. The van der Waals surface area contributed by atoms with Crippen molar-refractivity contribution in [2.45, 2.75) is 26.2 Å². The Morgan fingerprint density at radius 3 is 1.34 bits per heavy atom. The molecule has 0 atom stereocenters. The molecular weight excluding hydrogens is 751 g/mol. The largest absolute Gasteiger partial charge is 0.454 e. The predicted molar refractivity (Wildman–Crippen MR) is 263 cm³/mol. The highest BCUT2D eigenvalue weighted by atomic mass is 16.3. The normalized spacial score (nSPS) is 12.1. The van der Waals surface area contributed by atoms with Gasteiger partial charge in [-0.3, -0.25) is 0 Å². The van der Waals surface area contributed by atoms with Gasteiger partial charge >= 0.3 is 0 Å². The van der Waals surface area contributed by atoms with Crippen LogP contribution in [0.2, 0.25) is 0 Å². The second-order valence-electron chi connectivity index (χ2n) is 17.6. The van der Waals surface area contributed by atoms with Gasteiger partial charge in [-0.1, -0.05) is 203 Å². The predicted octanol–water partition coefficient (Wildman–Crippen LogP) is 17.3. The minimum atomic E-state index is -0.0834. The molecule has 0 saturated heterocycles. The topological polar surface area (TPSA) is 16.4 Å². The average molecular weight is 794 g/mol. The molecule has 0 spiro atoms. The van der Waals surface area contributed by atoms with Gasteiger partial charge in [0.15, 0.2) is 5.58 Å². The Kier molecular flexibility index (Phi) is 8.14. The van der Waals surface area contributed by atoms with E-state index in [0.717, 1.165) is 39.0 Å². The Balaban J connectivity index is 1.15. The Bertz CT molecular complexity index is 3500. The zero-order valence-electron chi connectivity index (χ0n) is 35.0. The van der Waals surface area contributed by atoms with Gasteiger partial charge in [-0.2, -0.15) is 0 Å². The van der Waals surface area contributed by atoms with E-state index >= 15 is 0 Å². The average Bonchev–Trinajstić information content (AvgIpc) is 3.70. The summed E-state index contributed by atoms with van der Waals surface area (Å²) >= 11 is 0. The lowest BCUT2D eigenvalue weighted by molar-refractivity contribution is 0.573. The van der Waals surface area contributed by atoms with Gasteiger partial charge in [-0.25, -0.2) is 0 Å². The molecule has 1 heterocycles. The van der Waals surface area contributed by atoms with Crippen molar-refractivity contribution in [3.8, 4) is 55.6 Å². The van der Waals surface area contributed by atoms with Crippen LogP contribution in [0.1, 0.15) is 26.3 Å². The molecule has 0 radical (unpaired) electrons. The van der Waals surface area contributed by atoms with Crippen molar-refractivity contribution in [3.63, 3.8) is 0 Å². The molecular formula is C60H43NO. The van der Waals surface area contributed by atoms with Crippen molar-refractivity contribution in [1.82, 2.24) is 0 Å². The molecule has 12 rings (SSSR count). The molecule has 2 nitrogen and oxygen atoms in total. The van der Waals surface area contributed by atoms with Crippen molar-refractivity contribution in [3.05, 3.63) is 212 Å². The van der Waals surface area contributed by atoms with Crippen LogP contribution in [0, 0.1) is 0 Å². The Labute approximate surface area is 362 Å². The number of fused-ring (bicyclic) bond motifs is 13. The lowest BCUT2D eigenvalue weighted by atomic mass is 9.79. The number of benzene rings is 10. The zero-order chi connectivity index (χ0) is 41.5. The van der Waals surface area contributed by atoms with Crippen LogP contribution in [-0.2, 0) is 5.41 Å². The molecule has 0 N–H and O–H groups in total. The monoisotopic (exact) mass is 793 g/mol. The Morgan fingerprint density at radius 1 is 0.355 bits per heavy atom. The second kappa shape index (κ2) is 13.9. The van der Waals surface area contributed by atoms with E-state index in [-0.39, 0.29) is 5.41 Å². The third-order valence-corrected chi connectivity index (χ3v) is 12.9. The molecule has 0 bridgehead atoms. The summed E-state index contributed by atoms with van der Waals surface area (Å²) in [5.74, 6) is 0. The smallest absolute Gasteiger partial charge is 0.159 e. The fourth-order valence-electron chi connectivity index (χ4n) is 10.2. The molecule has 2 heteroatoms. The van der Waals surface area contributed by atoms with Crippen molar-refractivity contribution >= 4 is 60.5 Å². The molecule has 1 aliphatic carbocycles. The first-order valence-electron chi connectivity index (χ1n) is 21.6. The van der Waals surface area contributed by atoms with Crippen LogP contribution in [0.4, 0.5) is 17.1 Å². The summed E-state index contributed by atoms with van der Waals surface area (Å²) in [4.78, 5) is 2.43. The number of anilines is 3. The molecule has 0 fully saturated rings. The summed E-state index contributed by atoms with van der Waals surface area (Å²) in [6.07, 6.45) is 0. The van der Waals surface area contributed by atoms with Crippen molar-refractivity contribution < 1.29 is 4.42 Å². The first-order chi connectivity index (χ1) is 30.4. The lowest BCUT2D eigenvalue weighted by Gasteiger charge is -2.29. The highest BCUT2D eigenvalue weighted by molar-refractivity contribution is 6.24. The second-order valence-corrected chi connectivity index (χ2v) is 17.6. The molecule has 0 saturated carbocycles. The molecule has 10 aromatic carbocycles. The van der Waals surface area contributed by atoms with Gasteiger partial charge in [0.1, 0.15) is 5.58 Å². The van der Waals surface area contributed by atoms with Gasteiger partial charge in [0.05, 0.1) is 11.4 Å². The van der Waals surface area contributed by atoms with E-state index in [1.807, 2.05) is 0 Å². The first kappa shape index (κ1) is 36.2. The van der Waals surface area contributed by atoms with E-state index in [1.165, 1.54) is 82.7 Å². The van der Waals surface area contributed by atoms with Crippen LogP contribution in [0.15, 0.2) is 211 Å². The maximum atomic E-state index is 7.09. The van der Waals surface area contributed by atoms with Crippen LogP contribution < -0.4 is 4.90 Å². The number of hydrogen-bond donors (Lipinski definition) is 0. The van der Waals surface area contributed by atoms with Crippen molar-refractivity contribution in [2.75, 3.05) is 4.90 Å². The standard InChI is InChI=1S/C60H43NO/c1-60(2,3)54-33-17-31-51-52-32-18-34-55(59(52)62-58(51)54)61(39-19-5-4-6-20-39)57-49-29-15-13-27-47(49)56(48-28-14-16-30-50(48)57)38-35-36-46-44-25-10-9-23-42(44)40-21-7-8-22-41(40)43-24-11-12-26-45(43)53(46)37-38/h4-37H,1-3H3. The number of nitrogens with zero attached hydrogens (tertiary/aromatic N) is 1.